The van der Waals surface area contributed by atoms with Gasteiger partial charge < -0.3 is 5.73 Å². The molecule has 3 rings (SSSR count). The summed E-state index contributed by atoms with van der Waals surface area (Å²) >= 11 is 0. The molecule has 20 heavy (non-hydrogen) atoms. The van der Waals surface area contributed by atoms with Crippen LogP contribution in [-0.2, 0) is 0 Å². The summed E-state index contributed by atoms with van der Waals surface area (Å²) in [6.45, 7) is 1.81. The lowest BCUT2D eigenvalue weighted by atomic mass is 10.2. The van der Waals surface area contributed by atoms with Gasteiger partial charge in [0.1, 0.15) is 5.82 Å². The maximum atomic E-state index is 13.4. The average Bonchev–Trinajstić information content (AvgIpc) is 2.75. The van der Waals surface area contributed by atoms with E-state index >= 15 is 0 Å². The average molecular weight is 271 g/mol. The second-order valence-electron chi connectivity index (χ2n) is 4.29. The molecule has 0 aliphatic carbocycles. The second-order valence-corrected chi connectivity index (χ2v) is 4.29. The fourth-order valence-corrected chi connectivity index (χ4v) is 1.95. The highest BCUT2D eigenvalue weighted by molar-refractivity contribution is 5.92. The van der Waals surface area contributed by atoms with Gasteiger partial charge in [-0.15, -0.1) is 0 Å². The van der Waals surface area contributed by atoms with Crippen molar-refractivity contribution in [2.24, 2.45) is 5.73 Å². The summed E-state index contributed by atoms with van der Waals surface area (Å²) in [5.74, 6) is -0.727. The molecule has 7 heteroatoms. The fraction of sp³-hybridized carbons (Fsp3) is 0.0769. The smallest absolute Gasteiger partial charge is 0.251 e. The third kappa shape index (κ3) is 1.89. The summed E-state index contributed by atoms with van der Waals surface area (Å²) in [7, 11) is 0. The van der Waals surface area contributed by atoms with E-state index in [1.165, 1.54) is 29.2 Å². The van der Waals surface area contributed by atoms with Gasteiger partial charge >= 0.3 is 0 Å². The number of hydrogen-bond acceptors (Lipinski definition) is 4. The third-order valence-corrected chi connectivity index (χ3v) is 2.94. The van der Waals surface area contributed by atoms with Crippen LogP contribution in [0.15, 0.2) is 30.6 Å². The Hall–Kier alpha value is -2.83. The molecule has 3 aromatic rings. The molecule has 0 spiro atoms. The van der Waals surface area contributed by atoms with E-state index in [1.807, 2.05) is 6.92 Å². The van der Waals surface area contributed by atoms with Gasteiger partial charge in [0.2, 0.25) is 0 Å². The quantitative estimate of drug-likeness (QED) is 0.762. The molecule has 0 unspecified atom stereocenters. The van der Waals surface area contributed by atoms with Crippen LogP contribution in [0.4, 0.5) is 4.39 Å². The molecule has 0 atom stereocenters. The highest BCUT2D eigenvalue weighted by Crippen LogP contribution is 2.21. The van der Waals surface area contributed by atoms with E-state index in [2.05, 4.69) is 15.1 Å². The van der Waals surface area contributed by atoms with E-state index in [0.29, 0.717) is 5.52 Å². The molecule has 0 fully saturated rings. The Kier molecular flexibility index (Phi) is 2.67. The number of nitrogens with two attached hydrogens (primary N) is 1. The van der Waals surface area contributed by atoms with E-state index in [-0.39, 0.29) is 17.3 Å². The zero-order chi connectivity index (χ0) is 14.3. The first-order valence-electron chi connectivity index (χ1n) is 5.83. The van der Waals surface area contributed by atoms with Crippen LogP contribution in [0.5, 0.6) is 0 Å². The first-order chi connectivity index (χ1) is 9.56. The molecule has 0 saturated carbocycles. The first kappa shape index (κ1) is 12.2. The van der Waals surface area contributed by atoms with E-state index < -0.39 is 5.91 Å². The minimum Gasteiger partial charge on any atom is -0.366 e. The van der Waals surface area contributed by atoms with Crippen molar-refractivity contribution < 1.29 is 9.18 Å². The Morgan fingerprint density at radius 3 is 2.65 bits per heavy atom. The van der Waals surface area contributed by atoms with Crippen molar-refractivity contribution in [3.8, 4) is 5.95 Å². The number of rotatable bonds is 2. The molecule has 1 amide bonds. The van der Waals surface area contributed by atoms with Gasteiger partial charge in [-0.2, -0.15) is 9.78 Å². The SMILES string of the molecule is Cc1nn(-c2ncc(C(N)=O)cn2)c2cc(F)ccc12. The van der Waals surface area contributed by atoms with Gasteiger partial charge in [0.05, 0.1) is 16.8 Å². The molecular weight excluding hydrogens is 261 g/mol. The van der Waals surface area contributed by atoms with Crippen LogP contribution < -0.4 is 5.73 Å². The Bertz CT molecular complexity index is 809. The Labute approximate surface area is 113 Å². The molecule has 6 nitrogen and oxygen atoms in total. The minimum atomic E-state index is -0.607. The van der Waals surface area contributed by atoms with Crippen LogP contribution in [0.25, 0.3) is 16.9 Å². The number of fused-ring (bicyclic) bond motifs is 1. The van der Waals surface area contributed by atoms with Crippen LogP contribution in [0.2, 0.25) is 0 Å². The highest BCUT2D eigenvalue weighted by atomic mass is 19.1. The molecule has 1 aromatic carbocycles. The van der Waals surface area contributed by atoms with Gasteiger partial charge in [-0.05, 0) is 19.1 Å². The largest absolute Gasteiger partial charge is 0.366 e. The molecule has 100 valence electrons. The number of carbonyl (C=O) groups is 1. The fourth-order valence-electron chi connectivity index (χ4n) is 1.95. The van der Waals surface area contributed by atoms with Crippen molar-refractivity contribution in [1.29, 1.82) is 0 Å². The summed E-state index contributed by atoms with van der Waals surface area (Å²) in [4.78, 5) is 19.0. The van der Waals surface area contributed by atoms with Gasteiger partial charge in [0, 0.05) is 23.8 Å². The molecule has 2 heterocycles. The number of amides is 1. The normalized spacial score (nSPS) is 10.9. The van der Waals surface area contributed by atoms with Crippen molar-refractivity contribution in [3.05, 3.63) is 47.7 Å². The minimum absolute atomic E-state index is 0.202. The summed E-state index contributed by atoms with van der Waals surface area (Å²) < 4.78 is 14.8. The van der Waals surface area contributed by atoms with E-state index in [1.54, 1.807) is 6.07 Å². The maximum absolute atomic E-state index is 13.4. The zero-order valence-corrected chi connectivity index (χ0v) is 10.5. The number of aryl methyl sites for hydroxylation is 1. The van der Waals surface area contributed by atoms with Gasteiger partial charge in [-0.25, -0.2) is 14.4 Å². The van der Waals surface area contributed by atoms with Crippen molar-refractivity contribution in [3.63, 3.8) is 0 Å². The van der Waals surface area contributed by atoms with Gasteiger partial charge in [0.25, 0.3) is 11.9 Å². The Morgan fingerprint density at radius 1 is 1.30 bits per heavy atom. The van der Waals surface area contributed by atoms with Gasteiger partial charge in [0.15, 0.2) is 0 Å². The summed E-state index contributed by atoms with van der Waals surface area (Å²) in [6, 6.07) is 4.39. The molecule has 0 bridgehead atoms. The number of benzene rings is 1. The van der Waals surface area contributed by atoms with Crippen molar-refractivity contribution >= 4 is 16.8 Å². The zero-order valence-electron chi connectivity index (χ0n) is 10.5. The standard InChI is InChI=1S/C13H10FN5O/c1-7-10-3-2-9(14)4-11(10)19(18-7)13-16-5-8(6-17-13)12(15)20/h2-6H,1H3,(H2,15,20). The predicted molar refractivity (Wildman–Crippen MR) is 69.9 cm³/mol. The van der Waals surface area contributed by atoms with Crippen LogP contribution in [0.3, 0.4) is 0 Å². The molecule has 2 aromatic heterocycles. The van der Waals surface area contributed by atoms with Gasteiger partial charge in [-0.1, -0.05) is 0 Å². The highest BCUT2D eigenvalue weighted by Gasteiger charge is 2.12. The molecule has 0 aliphatic heterocycles. The summed E-state index contributed by atoms with van der Waals surface area (Å²) in [6.07, 6.45) is 2.62. The first-order valence-corrected chi connectivity index (χ1v) is 5.83. The number of hydrogen-bond donors (Lipinski definition) is 1. The lowest BCUT2D eigenvalue weighted by Crippen LogP contribution is -2.13. The van der Waals surface area contributed by atoms with Crippen LogP contribution in [0.1, 0.15) is 16.1 Å². The van der Waals surface area contributed by atoms with Crippen LogP contribution in [0, 0.1) is 12.7 Å². The van der Waals surface area contributed by atoms with E-state index in [9.17, 15) is 9.18 Å². The Morgan fingerprint density at radius 2 is 2.00 bits per heavy atom. The molecule has 0 saturated heterocycles. The molecule has 0 aliphatic rings. The monoisotopic (exact) mass is 271 g/mol. The Balaban J connectivity index is 2.18. The maximum Gasteiger partial charge on any atom is 0.251 e. The van der Waals surface area contributed by atoms with Crippen molar-refractivity contribution in [2.75, 3.05) is 0 Å². The number of halogens is 1. The summed E-state index contributed by atoms with van der Waals surface area (Å²) in [5, 5.41) is 5.10. The molecule has 2 N–H and O–H groups in total. The summed E-state index contributed by atoms with van der Waals surface area (Å²) in [5.41, 5.74) is 6.63. The number of aromatic nitrogens is 4. The number of nitrogens with zero attached hydrogens (tertiary/aromatic N) is 4. The second kappa shape index (κ2) is 4.37. The van der Waals surface area contributed by atoms with Gasteiger partial charge in [-0.3, -0.25) is 4.79 Å². The molecule has 0 radical (unpaired) electrons. The molecular formula is C13H10FN5O. The van der Waals surface area contributed by atoms with Crippen LogP contribution in [-0.4, -0.2) is 25.7 Å². The number of carbonyl (C=O) groups excluding carboxylic acids is 1. The van der Waals surface area contributed by atoms with E-state index in [4.69, 9.17) is 5.73 Å². The lowest BCUT2D eigenvalue weighted by molar-refractivity contribution is 0.0999. The van der Waals surface area contributed by atoms with Crippen molar-refractivity contribution in [2.45, 2.75) is 6.92 Å². The topological polar surface area (TPSA) is 86.7 Å². The predicted octanol–water partition coefficient (Wildman–Crippen LogP) is 1.36. The van der Waals surface area contributed by atoms with Crippen LogP contribution >= 0.6 is 0 Å². The van der Waals surface area contributed by atoms with Crippen molar-refractivity contribution in [1.82, 2.24) is 19.7 Å². The number of primary amides is 1. The lowest BCUT2D eigenvalue weighted by Gasteiger charge is -2.02. The van der Waals surface area contributed by atoms with E-state index in [0.717, 1.165) is 11.1 Å². The third-order valence-electron chi connectivity index (χ3n) is 2.94.